The molecule has 0 atom stereocenters. The zero-order valence-electron chi connectivity index (χ0n) is 11.2. The van der Waals surface area contributed by atoms with E-state index >= 15 is 0 Å². The number of benzene rings is 1. The van der Waals surface area contributed by atoms with Crippen molar-refractivity contribution in [1.29, 1.82) is 0 Å². The Bertz CT molecular complexity index is 569. The molecule has 6 nitrogen and oxygen atoms in total. The van der Waals surface area contributed by atoms with Crippen molar-refractivity contribution in [2.75, 3.05) is 38.4 Å². The molecule has 1 aromatic carbocycles. The molecule has 0 aliphatic carbocycles. The highest BCUT2D eigenvalue weighted by molar-refractivity contribution is 7.90. The second-order valence-electron chi connectivity index (χ2n) is 4.31. The molecular formula is C12H18N2O4S. The number of methoxy groups -OCH3 is 1. The molecule has 0 unspecified atom stereocenters. The van der Waals surface area contributed by atoms with Crippen LogP contribution in [0, 0.1) is 0 Å². The quantitative estimate of drug-likeness (QED) is 0.791. The van der Waals surface area contributed by atoms with E-state index in [1.807, 2.05) is 0 Å². The van der Waals surface area contributed by atoms with Gasteiger partial charge in [-0.1, -0.05) is 0 Å². The highest BCUT2D eigenvalue weighted by Gasteiger charge is 2.15. The first-order valence-electron chi connectivity index (χ1n) is 5.61. The van der Waals surface area contributed by atoms with Gasteiger partial charge in [-0.2, -0.15) is 0 Å². The molecule has 1 rings (SSSR count). The Morgan fingerprint density at radius 3 is 2.53 bits per heavy atom. The van der Waals surface area contributed by atoms with Gasteiger partial charge in [-0.15, -0.1) is 0 Å². The number of hydrogen-bond acceptors (Lipinski definition) is 5. The minimum Gasteiger partial charge on any atom is -0.495 e. The fourth-order valence-electron chi connectivity index (χ4n) is 1.49. The second-order valence-corrected chi connectivity index (χ2v) is 6.57. The molecule has 0 fully saturated rings. The van der Waals surface area contributed by atoms with Crippen LogP contribution in [0.3, 0.4) is 0 Å². The van der Waals surface area contributed by atoms with Crippen molar-refractivity contribution in [2.24, 2.45) is 0 Å². The number of carbonyl (C=O) groups excluding carboxylic acids is 1. The minimum atomic E-state index is -3.09. The second kappa shape index (κ2) is 5.92. The van der Waals surface area contributed by atoms with E-state index in [0.29, 0.717) is 17.0 Å². The molecule has 1 amide bonds. The summed E-state index contributed by atoms with van der Waals surface area (Å²) in [5.74, 6) is 0.147. The van der Waals surface area contributed by atoms with Gasteiger partial charge in [0.15, 0.2) is 0 Å². The monoisotopic (exact) mass is 286 g/mol. The molecule has 0 saturated carbocycles. The Morgan fingerprint density at radius 2 is 2.05 bits per heavy atom. The van der Waals surface area contributed by atoms with Gasteiger partial charge in [0.25, 0.3) is 5.91 Å². The van der Waals surface area contributed by atoms with Crippen LogP contribution in [0.1, 0.15) is 10.4 Å². The van der Waals surface area contributed by atoms with Gasteiger partial charge in [0.1, 0.15) is 15.6 Å². The normalized spacial score (nSPS) is 11.1. The lowest BCUT2D eigenvalue weighted by molar-refractivity contribution is 0.0803. The zero-order valence-corrected chi connectivity index (χ0v) is 12.0. The smallest absolute Gasteiger partial charge is 0.253 e. The Balaban J connectivity index is 2.80. The van der Waals surface area contributed by atoms with E-state index in [9.17, 15) is 13.2 Å². The van der Waals surface area contributed by atoms with Crippen LogP contribution < -0.4 is 10.5 Å². The van der Waals surface area contributed by atoms with E-state index in [1.54, 1.807) is 19.2 Å². The maximum atomic E-state index is 12.0. The van der Waals surface area contributed by atoms with Crippen LogP contribution in [0.5, 0.6) is 5.75 Å². The number of hydrogen-bond donors (Lipinski definition) is 1. The first kappa shape index (κ1) is 15.3. The third-order valence-corrected chi connectivity index (χ3v) is 3.54. The lowest BCUT2D eigenvalue weighted by Crippen LogP contribution is -2.31. The summed E-state index contributed by atoms with van der Waals surface area (Å²) in [4.78, 5) is 13.4. The third-order valence-electron chi connectivity index (χ3n) is 2.62. The van der Waals surface area contributed by atoms with E-state index in [2.05, 4.69) is 0 Å². The van der Waals surface area contributed by atoms with Crippen molar-refractivity contribution in [1.82, 2.24) is 4.90 Å². The number of anilines is 1. The molecule has 2 N–H and O–H groups in total. The molecule has 1 aromatic rings. The molecule has 0 aromatic heterocycles. The van der Waals surface area contributed by atoms with Crippen LogP contribution in [0.25, 0.3) is 0 Å². The molecule has 106 valence electrons. The summed E-state index contributed by atoms with van der Waals surface area (Å²) in [6.45, 7) is 0.142. The fourth-order valence-corrected chi connectivity index (χ4v) is 2.10. The minimum absolute atomic E-state index is 0.0686. The highest BCUT2D eigenvalue weighted by Crippen LogP contribution is 2.22. The molecule has 0 aliphatic heterocycles. The van der Waals surface area contributed by atoms with Gasteiger partial charge in [0.2, 0.25) is 0 Å². The van der Waals surface area contributed by atoms with Crippen LogP contribution in [0.15, 0.2) is 18.2 Å². The van der Waals surface area contributed by atoms with Gasteiger partial charge in [0.05, 0.1) is 18.6 Å². The average Bonchev–Trinajstić information content (AvgIpc) is 2.34. The third kappa shape index (κ3) is 4.44. The number of nitrogens with two attached hydrogens (primary N) is 1. The number of ether oxygens (including phenoxy) is 1. The Hall–Kier alpha value is -1.76. The number of nitrogens with zero attached hydrogens (tertiary/aromatic N) is 1. The predicted molar refractivity (Wildman–Crippen MR) is 74.1 cm³/mol. The van der Waals surface area contributed by atoms with Gasteiger partial charge in [-0.05, 0) is 18.2 Å². The Kier molecular flexibility index (Phi) is 4.77. The maximum Gasteiger partial charge on any atom is 0.253 e. The lowest BCUT2D eigenvalue weighted by atomic mass is 10.1. The van der Waals surface area contributed by atoms with Crippen LogP contribution >= 0.6 is 0 Å². The molecule has 0 radical (unpaired) electrons. The van der Waals surface area contributed by atoms with Crippen LogP contribution in [0.2, 0.25) is 0 Å². The van der Waals surface area contributed by atoms with Crippen molar-refractivity contribution in [3.8, 4) is 5.75 Å². The fraction of sp³-hybridized carbons (Fsp3) is 0.417. The number of amides is 1. The molecule has 0 spiro atoms. The van der Waals surface area contributed by atoms with Crippen molar-refractivity contribution >= 4 is 21.4 Å². The van der Waals surface area contributed by atoms with E-state index in [4.69, 9.17) is 10.5 Å². The van der Waals surface area contributed by atoms with E-state index in [0.717, 1.165) is 6.26 Å². The van der Waals surface area contributed by atoms with Crippen molar-refractivity contribution in [2.45, 2.75) is 0 Å². The summed E-state index contributed by atoms with van der Waals surface area (Å²) in [7, 11) is -0.0513. The average molecular weight is 286 g/mol. The molecule has 0 saturated heterocycles. The summed E-state index contributed by atoms with van der Waals surface area (Å²) in [6.07, 6.45) is 1.14. The Morgan fingerprint density at radius 1 is 1.42 bits per heavy atom. The van der Waals surface area contributed by atoms with Crippen molar-refractivity contribution in [3.05, 3.63) is 23.8 Å². The van der Waals surface area contributed by atoms with Gasteiger partial charge >= 0.3 is 0 Å². The van der Waals surface area contributed by atoms with Crippen molar-refractivity contribution in [3.63, 3.8) is 0 Å². The topological polar surface area (TPSA) is 89.7 Å². The lowest BCUT2D eigenvalue weighted by Gasteiger charge is -2.17. The van der Waals surface area contributed by atoms with Crippen molar-refractivity contribution < 1.29 is 17.9 Å². The standard InChI is InChI=1S/C12H18N2O4S/c1-14(6-7-19(3,16)17)12(15)9-4-5-11(18-2)10(13)8-9/h4-5,8H,6-7,13H2,1-3H3. The first-order valence-corrected chi connectivity index (χ1v) is 7.67. The van der Waals surface area contributed by atoms with Crippen LogP contribution in [-0.4, -0.2) is 51.9 Å². The molecule has 19 heavy (non-hydrogen) atoms. The highest BCUT2D eigenvalue weighted by atomic mass is 32.2. The molecular weight excluding hydrogens is 268 g/mol. The molecule has 0 heterocycles. The largest absolute Gasteiger partial charge is 0.495 e. The van der Waals surface area contributed by atoms with E-state index in [-0.39, 0.29) is 18.2 Å². The molecule has 0 bridgehead atoms. The van der Waals surface area contributed by atoms with E-state index < -0.39 is 9.84 Å². The SMILES string of the molecule is COc1ccc(C(=O)N(C)CCS(C)(=O)=O)cc1N. The Labute approximate surface area is 113 Å². The number of carbonyl (C=O) groups is 1. The summed E-state index contributed by atoms with van der Waals surface area (Å²) < 4.78 is 27.1. The van der Waals surface area contributed by atoms with Crippen LogP contribution in [0.4, 0.5) is 5.69 Å². The first-order chi connectivity index (χ1) is 8.74. The summed E-state index contributed by atoms with van der Waals surface area (Å²) >= 11 is 0. The summed E-state index contributed by atoms with van der Waals surface area (Å²) in [5.41, 5.74) is 6.48. The van der Waals surface area contributed by atoms with Gasteiger partial charge in [-0.25, -0.2) is 8.42 Å². The van der Waals surface area contributed by atoms with Crippen LogP contribution in [-0.2, 0) is 9.84 Å². The van der Waals surface area contributed by atoms with E-state index in [1.165, 1.54) is 18.1 Å². The molecule has 7 heteroatoms. The van der Waals surface area contributed by atoms with Gasteiger partial charge < -0.3 is 15.4 Å². The predicted octanol–water partition coefficient (Wildman–Crippen LogP) is 0.394. The molecule has 0 aliphatic rings. The summed E-state index contributed by atoms with van der Waals surface area (Å²) in [6, 6.07) is 4.71. The maximum absolute atomic E-state index is 12.0. The summed E-state index contributed by atoms with van der Waals surface area (Å²) in [5, 5.41) is 0. The van der Waals surface area contributed by atoms with Gasteiger partial charge in [-0.3, -0.25) is 4.79 Å². The number of nitrogen functional groups attached to an aromatic ring is 1. The number of rotatable bonds is 5. The van der Waals surface area contributed by atoms with Gasteiger partial charge in [0, 0.05) is 25.4 Å². The zero-order chi connectivity index (χ0) is 14.6. The number of sulfone groups is 1.